The summed E-state index contributed by atoms with van der Waals surface area (Å²) in [5, 5.41) is 8.25. The Kier molecular flexibility index (Phi) is 3.12. The Bertz CT molecular complexity index is 32.7. The molecule has 0 aliphatic carbocycles. The summed E-state index contributed by atoms with van der Waals surface area (Å²) in [6.07, 6.45) is 0.486. The third-order valence-electron chi connectivity index (χ3n) is 0.462. The van der Waals surface area contributed by atoms with Gasteiger partial charge in [0.25, 0.3) is 0 Å². The number of nitrogens with two attached hydrogens (primary N) is 2. The minimum absolute atomic E-state index is 0.456. The second kappa shape index (κ2) is 3.15. The van der Waals surface area contributed by atoms with Crippen molar-refractivity contribution in [2.45, 2.75) is 6.32 Å². The lowest BCUT2D eigenvalue weighted by Gasteiger charge is -1.89. The molecule has 0 atom stereocenters. The summed E-state index contributed by atoms with van der Waals surface area (Å²) in [5.74, 6) is 0. The Morgan fingerprint density at radius 3 is 2.17 bits per heavy atom. The van der Waals surface area contributed by atoms with Crippen molar-refractivity contribution >= 4 is 7.05 Å². The van der Waals surface area contributed by atoms with Crippen LogP contribution in [-0.2, 0) is 0 Å². The van der Waals surface area contributed by atoms with Crippen molar-refractivity contribution in [1.29, 1.82) is 0 Å². The molecular formula is C2H9BN2O. The number of rotatable bonds is 2. The van der Waals surface area contributed by atoms with Gasteiger partial charge in [-0.05, 0) is 12.9 Å². The van der Waals surface area contributed by atoms with Crippen LogP contribution in [0.3, 0.4) is 0 Å². The fourth-order valence-corrected chi connectivity index (χ4v) is 0.171. The average molecular weight is 87.9 g/mol. The number of hydrogen-bond acceptors (Lipinski definition) is 3. The Balaban J connectivity index is 2.63. The van der Waals surface area contributed by atoms with E-state index in [1.54, 1.807) is 0 Å². The lowest BCUT2D eigenvalue weighted by molar-refractivity contribution is 0.570. The Labute approximate surface area is 37.5 Å². The van der Waals surface area contributed by atoms with Crippen LogP contribution in [0.2, 0.25) is 6.32 Å². The molecule has 0 heterocycles. The lowest BCUT2D eigenvalue weighted by atomic mass is 9.82. The van der Waals surface area contributed by atoms with Gasteiger partial charge in [0.05, 0.1) is 0 Å². The van der Waals surface area contributed by atoms with E-state index in [4.69, 9.17) is 16.4 Å². The Hall–Kier alpha value is -0.0551. The summed E-state index contributed by atoms with van der Waals surface area (Å²) in [6.45, 7) is 0.456. The van der Waals surface area contributed by atoms with Crippen molar-refractivity contribution in [3.8, 4) is 0 Å². The summed E-state index contributed by atoms with van der Waals surface area (Å²) < 4.78 is 0. The minimum atomic E-state index is -0.727. The summed E-state index contributed by atoms with van der Waals surface area (Å²) in [5.41, 5.74) is 9.87. The first-order valence-corrected chi connectivity index (χ1v) is 1.91. The zero-order valence-electron chi connectivity index (χ0n) is 3.59. The van der Waals surface area contributed by atoms with E-state index in [1.165, 1.54) is 0 Å². The van der Waals surface area contributed by atoms with E-state index in [0.29, 0.717) is 12.9 Å². The van der Waals surface area contributed by atoms with E-state index in [-0.39, 0.29) is 0 Å². The lowest BCUT2D eigenvalue weighted by Crippen LogP contribution is -2.27. The van der Waals surface area contributed by atoms with Crippen LogP contribution in [0.25, 0.3) is 0 Å². The maximum atomic E-state index is 8.25. The van der Waals surface area contributed by atoms with Crippen LogP contribution >= 0.6 is 0 Å². The third kappa shape index (κ3) is 3.94. The summed E-state index contributed by atoms with van der Waals surface area (Å²) in [4.78, 5) is 0. The molecule has 5 N–H and O–H groups in total. The zero-order chi connectivity index (χ0) is 4.99. The molecule has 0 fully saturated rings. The van der Waals surface area contributed by atoms with Crippen LogP contribution in [0.4, 0.5) is 0 Å². The first-order chi connectivity index (χ1) is 2.77. The van der Waals surface area contributed by atoms with Crippen LogP contribution < -0.4 is 11.4 Å². The molecule has 0 aliphatic heterocycles. The monoisotopic (exact) mass is 88.1 g/mol. The van der Waals surface area contributed by atoms with Crippen LogP contribution in [0, 0.1) is 0 Å². The smallest absolute Gasteiger partial charge is 0.375 e. The summed E-state index contributed by atoms with van der Waals surface area (Å²) >= 11 is 0. The van der Waals surface area contributed by atoms with Gasteiger partial charge in [0.1, 0.15) is 0 Å². The van der Waals surface area contributed by atoms with Crippen LogP contribution in [0.15, 0.2) is 0 Å². The fourth-order valence-electron chi connectivity index (χ4n) is 0.171. The molecule has 0 saturated carbocycles. The molecule has 0 amide bonds. The maximum Gasteiger partial charge on any atom is 0.375 e. The van der Waals surface area contributed by atoms with Gasteiger partial charge in [-0.2, -0.15) is 0 Å². The van der Waals surface area contributed by atoms with Gasteiger partial charge >= 0.3 is 7.05 Å². The Morgan fingerprint density at radius 2 is 2.17 bits per heavy atom. The van der Waals surface area contributed by atoms with Crippen LogP contribution in [0.1, 0.15) is 0 Å². The third-order valence-corrected chi connectivity index (χ3v) is 0.462. The average Bonchev–Trinajstić information content (AvgIpc) is 1.35. The largest absolute Gasteiger partial charge is 0.437 e. The highest BCUT2D eigenvalue weighted by Gasteiger charge is 1.97. The van der Waals surface area contributed by atoms with Gasteiger partial charge in [0.2, 0.25) is 0 Å². The minimum Gasteiger partial charge on any atom is -0.437 e. The molecule has 36 valence electrons. The van der Waals surface area contributed by atoms with E-state index in [0.717, 1.165) is 0 Å². The highest BCUT2D eigenvalue weighted by molar-refractivity contribution is 6.46. The number of hydrogen-bond donors (Lipinski definition) is 3. The standard InChI is InChI=1S/C2H9BN2O/c4-2-1-3(5)6/h6H,1-2,4-5H2. The summed E-state index contributed by atoms with van der Waals surface area (Å²) in [6, 6.07) is 0. The van der Waals surface area contributed by atoms with Gasteiger partial charge < -0.3 is 16.4 Å². The Morgan fingerprint density at radius 1 is 1.67 bits per heavy atom. The van der Waals surface area contributed by atoms with Gasteiger partial charge in [-0.1, -0.05) is 0 Å². The second-order valence-corrected chi connectivity index (χ2v) is 1.14. The molecule has 0 aromatic carbocycles. The van der Waals surface area contributed by atoms with Gasteiger partial charge in [0.15, 0.2) is 0 Å². The molecule has 0 rings (SSSR count). The maximum absolute atomic E-state index is 8.25. The van der Waals surface area contributed by atoms with Gasteiger partial charge in [0, 0.05) is 0 Å². The summed E-state index contributed by atoms with van der Waals surface area (Å²) in [7, 11) is -0.727. The first-order valence-electron chi connectivity index (χ1n) is 1.91. The van der Waals surface area contributed by atoms with E-state index >= 15 is 0 Å². The van der Waals surface area contributed by atoms with Gasteiger partial charge in [-0.15, -0.1) is 0 Å². The van der Waals surface area contributed by atoms with Crippen molar-refractivity contribution < 1.29 is 5.02 Å². The van der Waals surface area contributed by atoms with Crippen molar-refractivity contribution in [2.75, 3.05) is 6.54 Å². The van der Waals surface area contributed by atoms with Gasteiger partial charge in [-0.25, -0.2) is 0 Å². The SMILES string of the molecule is NCCB(N)O. The molecular weight excluding hydrogens is 78.8 g/mol. The predicted molar refractivity (Wildman–Crippen MR) is 26.0 cm³/mol. The topological polar surface area (TPSA) is 72.3 Å². The van der Waals surface area contributed by atoms with Crippen LogP contribution in [0.5, 0.6) is 0 Å². The molecule has 0 aromatic rings. The van der Waals surface area contributed by atoms with Crippen molar-refractivity contribution in [1.82, 2.24) is 0 Å². The van der Waals surface area contributed by atoms with Crippen LogP contribution in [-0.4, -0.2) is 18.6 Å². The normalized spacial score (nSPS) is 8.50. The van der Waals surface area contributed by atoms with E-state index in [1.807, 2.05) is 0 Å². The van der Waals surface area contributed by atoms with E-state index in [9.17, 15) is 0 Å². The van der Waals surface area contributed by atoms with Crippen molar-refractivity contribution in [3.05, 3.63) is 0 Å². The molecule has 0 unspecified atom stereocenters. The predicted octanol–water partition coefficient (Wildman–Crippen LogP) is -1.62. The van der Waals surface area contributed by atoms with Crippen molar-refractivity contribution in [2.24, 2.45) is 11.4 Å². The highest BCUT2D eigenvalue weighted by Crippen LogP contribution is 1.70. The molecule has 3 nitrogen and oxygen atoms in total. The molecule has 0 spiro atoms. The molecule has 6 heavy (non-hydrogen) atoms. The first kappa shape index (κ1) is 5.94. The van der Waals surface area contributed by atoms with E-state index in [2.05, 4.69) is 0 Å². The molecule has 4 heteroatoms. The second-order valence-electron chi connectivity index (χ2n) is 1.14. The van der Waals surface area contributed by atoms with Crippen molar-refractivity contribution in [3.63, 3.8) is 0 Å². The zero-order valence-corrected chi connectivity index (χ0v) is 3.59. The van der Waals surface area contributed by atoms with Gasteiger partial charge in [-0.3, -0.25) is 0 Å². The molecule has 0 radical (unpaired) electrons. The molecule has 0 bridgehead atoms. The highest BCUT2D eigenvalue weighted by atomic mass is 16.2. The fraction of sp³-hybridized carbons (Fsp3) is 1.00. The quantitative estimate of drug-likeness (QED) is 0.355. The molecule has 0 aliphatic rings. The van der Waals surface area contributed by atoms with E-state index < -0.39 is 7.05 Å². The molecule has 0 aromatic heterocycles. The molecule has 0 saturated heterocycles.